The van der Waals surface area contributed by atoms with Gasteiger partial charge in [0.25, 0.3) is 1.45 Å². The van der Waals surface area contributed by atoms with E-state index in [-0.39, 0.29) is 97.3 Å². The molecule has 4 atom stereocenters. The van der Waals surface area contributed by atoms with Crippen LogP contribution in [-0.4, -0.2) is 115 Å². The first-order chi connectivity index (χ1) is 27.5. The normalized spacial score (nSPS) is 16.2. The molecule has 0 radical (unpaired) electrons. The molecule has 2 aliphatic heterocycles. The van der Waals surface area contributed by atoms with Gasteiger partial charge in [-0.15, -0.1) is 0 Å². The minimum Gasteiger partial charge on any atom is -0.481 e. The molecular formula is C35H60F6N6O8P2. The highest BCUT2D eigenvalue weighted by Gasteiger charge is 2.33. The van der Waals surface area contributed by atoms with Gasteiger partial charge in [-0.1, -0.05) is 7.40 Å². The van der Waals surface area contributed by atoms with Gasteiger partial charge in [-0.2, -0.15) is 18.7 Å². The molecule has 2 fully saturated rings. The molecule has 2 heterocycles. The quantitative estimate of drug-likeness (QED) is 0.0510. The third kappa shape index (κ3) is 20.6. The van der Waals surface area contributed by atoms with Crippen LogP contribution in [0.5, 0.6) is 5.75 Å². The number of carboxylic acid groups (broad SMARTS) is 1. The molecule has 5 N–H and O–H groups in total. The molecule has 0 spiro atoms. The number of carbonyl (C=O) groups excluding carboxylic acids is 5. The van der Waals surface area contributed by atoms with Gasteiger partial charge in [0.2, 0.25) is 41.0 Å². The SMILES string of the molecule is CC(C)N1CCCC1C(=O)NCCC(=O)NCCC(=O)O.CC(C)N1CCCC1C(=O)NCCC(=O)NCCC(=O)Oc1c(F)c(F)cc(F)c1F.FP.P.[3H]C.[3H]F. The van der Waals surface area contributed by atoms with Gasteiger partial charge < -0.3 is 31.1 Å². The van der Waals surface area contributed by atoms with E-state index in [4.69, 9.17) is 11.2 Å². The van der Waals surface area contributed by atoms with Gasteiger partial charge in [0.1, 0.15) is 0 Å². The standard InChI is InChI=1S/C20H25F4N3O4.C14H25N3O4.CH4.FH2P.FH.H3P/c1-11(2)27-9-3-4-14(27)20(30)26-7-5-15(28)25-8-6-16(29)31-19-17(23)12(21)10-13(22)18(19)24;1-10(2)17-9-3-4-11(17)14(21)16-7-5-12(18)15-8-6-13(19)20;;1-2;;/h10-11,14H,3-9H2,1-2H3,(H,25,28)(H,26,30);10-11H,3-9H2,1-2H3,(H,15,18)(H,16,21)(H,19,20);1H4;2H2;1H;1H3/i;;1T;;;/hT. The fourth-order valence-corrected chi connectivity index (χ4v) is 5.81. The Morgan fingerprint density at radius 1 is 0.772 bits per heavy atom. The topological polar surface area (TPSA) is 186 Å². The number of nitrogens with one attached hydrogen (secondary N) is 4. The summed E-state index contributed by atoms with van der Waals surface area (Å²) in [4.78, 5) is 73.8. The van der Waals surface area contributed by atoms with Gasteiger partial charge in [-0.3, -0.25) is 43.3 Å². The second-order valence-electron chi connectivity index (χ2n) is 12.9. The van der Waals surface area contributed by atoms with Crippen LogP contribution >= 0.6 is 19.4 Å². The maximum absolute atomic E-state index is 13.5. The van der Waals surface area contributed by atoms with Crippen molar-refractivity contribution in [3.05, 3.63) is 29.3 Å². The molecule has 57 heavy (non-hydrogen) atoms. The first kappa shape index (κ1) is 53.4. The molecule has 0 aliphatic carbocycles. The largest absolute Gasteiger partial charge is 0.481 e. The van der Waals surface area contributed by atoms with Crippen molar-refractivity contribution >= 4 is 55.0 Å². The molecule has 1 aromatic rings. The van der Waals surface area contributed by atoms with E-state index in [1.807, 2.05) is 13.8 Å². The number of amides is 4. The average molecular weight is 873 g/mol. The second-order valence-corrected chi connectivity index (χ2v) is 12.9. The predicted molar refractivity (Wildman–Crippen MR) is 211 cm³/mol. The zero-order chi connectivity index (χ0) is 45.0. The summed E-state index contributed by atoms with van der Waals surface area (Å²) in [6.45, 7) is 10.2. The van der Waals surface area contributed by atoms with E-state index in [2.05, 4.69) is 51.1 Å². The number of esters is 1. The van der Waals surface area contributed by atoms with Crippen LogP contribution in [0.3, 0.4) is 0 Å². The van der Waals surface area contributed by atoms with Crippen molar-refractivity contribution in [1.29, 1.82) is 1.45 Å². The number of carboxylic acids is 1. The van der Waals surface area contributed by atoms with Gasteiger partial charge in [-0.25, -0.2) is 13.0 Å². The van der Waals surface area contributed by atoms with Crippen molar-refractivity contribution in [2.45, 2.75) is 111 Å². The lowest BCUT2D eigenvalue weighted by molar-refractivity contribution is -0.137. The van der Waals surface area contributed by atoms with E-state index in [1.54, 1.807) is 0 Å². The lowest BCUT2D eigenvalue weighted by Gasteiger charge is -2.27. The monoisotopic (exact) mass is 872 g/mol. The predicted octanol–water partition coefficient (Wildman–Crippen LogP) is 3.58. The molecular weight excluding hydrogens is 808 g/mol. The number of carbonyl (C=O) groups is 6. The Labute approximate surface area is 338 Å². The Bertz CT molecular complexity index is 1420. The average Bonchev–Trinajstić information content (AvgIpc) is 3.90. The van der Waals surface area contributed by atoms with Crippen LogP contribution in [0, 0.1) is 23.3 Å². The van der Waals surface area contributed by atoms with Crippen LogP contribution in [0.15, 0.2) is 6.07 Å². The van der Waals surface area contributed by atoms with Crippen LogP contribution in [0.25, 0.3) is 0 Å². The summed E-state index contributed by atoms with van der Waals surface area (Å²) in [5, 5.41) is 18.8. The van der Waals surface area contributed by atoms with Gasteiger partial charge in [0, 0.05) is 58.5 Å². The highest BCUT2D eigenvalue weighted by atomic mass is 31.1. The number of hydrogen-bond donors (Lipinski definition) is 5. The van der Waals surface area contributed by atoms with Crippen molar-refractivity contribution in [3.8, 4) is 5.75 Å². The summed E-state index contributed by atoms with van der Waals surface area (Å²) in [6, 6.07) is 0.259. The van der Waals surface area contributed by atoms with E-state index in [9.17, 15) is 50.5 Å². The Morgan fingerprint density at radius 2 is 1.14 bits per heavy atom. The highest BCUT2D eigenvalue weighted by Crippen LogP contribution is 2.27. The minimum absolute atomic E-state index is 0. The molecule has 4 amide bonds. The smallest absolute Gasteiger partial charge is 0.313 e. The summed E-state index contributed by atoms with van der Waals surface area (Å²) in [6.07, 6.45) is 3.12. The van der Waals surface area contributed by atoms with Crippen LogP contribution in [0.2, 0.25) is 0 Å². The molecule has 0 aromatic heterocycles. The molecule has 14 nitrogen and oxygen atoms in total. The van der Waals surface area contributed by atoms with E-state index in [0.29, 0.717) is 6.04 Å². The molecule has 1 aromatic carbocycles. The number of halogens is 6. The summed E-state index contributed by atoms with van der Waals surface area (Å²) in [5.74, 6) is -11.6. The van der Waals surface area contributed by atoms with E-state index < -0.39 is 53.3 Å². The molecule has 2 aliphatic rings. The molecule has 0 bridgehead atoms. The molecule has 4 unspecified atom stereocenters. The van der Waals surface area contributed by atoms with Crippen molar-refractivity contribution < 1.29 is 66.5 Å². The van der Waals surface area contributed by atoms with Crippen LogP contribution < -0.4 is 26.0 Å². The lowest BCUT2D eigenvalue weighted by atomic mass is 10.2. The number of benzene rings is 1. The van der Waals surface area contributed by atoms with Crippen molar-refractivity contribution in [1.82, 2.24) is 31.1 Å². The van der Waals surface area contributed by atoms with Gasteiger partial charge in [0.05, 0.1) is 34.5 Å². The number of likely N-dealkylation sites (tertiary alicyclic amines) is 2. The Hall–Kier alpha value is -3.60. The Balaban J connectivity index is -0.000000979. The van der Waals surface area contributed by atoms with Crippen molar-refractivity contribution in [2.24, 2.45) is 0 Å². The number of aliphatic carboxylic acids is 1. The fourth-order valence-electron chi connectivity index (χ4n) is 5.81. The second kappa shape index (κ2) is 30.5. The minimum atomic E-state index is -1.83. The van der Waals surface area contributed by atoms with Crippen LogP contribution in [0.1, 0.15) is 87.8 Å². The number of nitrogens with zero attached hydrogens (tertiary/aromatic N) is 2. The lowest BCUT2D eigenvalue weighted by Crippen LogP contribution is -2.46. The third-order valence-corrected chi connectivity index (χ3v) is 8.42. The molecule has 330 valence electrons. The first-order valence-electron chi connectivity index (χ1n) is 19.0. The summed E-state index contributed by atoms with van der Waals surface area (Å²) >= 11 is 0. The van der Waals surface area contributed by atoms with Gasteiger partial charge in [0.15, 0.2) is 11.6 Å². The summed E-state index contributed by atoms with van der Waals surface area (Å²) in [5.41, 5.74) is 0. The molecule has 3 rings (SSSR count). The molecule has 2 saturated heterocycles. The van der Waals surface area contributed by atoms with E-state index in [0.717, 1.165) is 48.3 Å². The molecule has 22 heteroatoms. The molecule has 0 saturated carbocycles. The van der Waals surface area contributed by atoms with Crippen LogP contribution in [0.4, 0.5) is 26.5 Å². The number of hydrogen-bond acceptors (Lipinski definition) is 9. The zero-order valence-corrected chi connectivity index (χ0v) is 35.6. The first-order valence-corrected chi connectivity index (χ1v) is 18.0. The third-order valence-electron chi connectivity index (χ3n) is 8.42. The maximum Gasteiger partial charge on any atom is 0.313 e. The van der Waals surface area contributed by atoms with Crippen molar-refractivity contribution in [2.75, 3.05) is 39.3 Å². The van der Waals surface area contributed by atoms with E-state index >= 15 is 0 Å². The fraction of sp³-hybridized carbons (Fsp3) is 0.657. The van der Waals surface area contributed by atoms with Gasteiger partial charge >= 0.3 is 11.9 Å². The Kier molecular flexibility index (Phi) is 28.5. The van der Waals surface area contributed by atoms with Gasteiger partial charge in [-0.05, 0) is 66.5 Å². The van der Waals surface area contributed by atoms with E-state index in [1.165, 1.54) is 7.40 Å². The maximum atomic E-state index is 13.5. The number of ether oxygens (including phenoxy) is 1. The Morgan fingerprint density at radius 3 is 1.51 bits per heavy atom. The number of rotatable bonds is 17. The summed E-state index contributed by atoms with van der Waals surface area (Å²) < 4.78 is 85.6. The summed E-state index contributed by atoms with van der Waals surface area (Å²) in [7, 11) is 2.17. The zero-order valence-electron chi connectivity index (χ0n) is 35.0. The van der Waals surface area contributed by atoms with Crippen molar-refractivity contribution in [3.63, 3.8) is 0 Å². The highest BCUT2D eigenvalue weighted by molar-refractivity contribution is 7.09. The van der Waals surface area contributed by atoms with Crippen LogP contribution in [-0.2, 0) is 28.8 Å².